The number of fused-ring (bicyclic) bond motifs is 1. The molecule has 0 fully saturated rings. The number of rotatable bonds is 5. The Morgan fingerprint density at radius 3 is 2.39 bits per heavy atom. The summed E-state index contributed by atoms with van der Waals surface area (Å²) in [5.74, 6) is 0. The fraction of sp³-hybridized carbons (Fsp3) is 0.0833. The Morgan fingerprint density at radius 2 is 1.65 bits per heavy atom. The predicted octanol–water partition coefficient (Wildman–Crippen LogP) is 5.51. The van der Waals surface area contributed by atoms with Crippen LogP contribution in [-0.2, 0) is 7.05 Å². The van der Waals surface area contributed by atoms with Gasteiger partial charge in [0.1, 0.15) is 0 Å². The highest BCUT2D eigenvalue weighted by Gasteiger charge is 2.14. The summed E-state index contributed by atoms with van der Waals surface area (Å²) in [6.07, 6.45) is 1.98. The van der Waals surface area contributed by atoms with Crippen molar-refractivity contribution in [3.8, 4) is 0 Å². The molecule has 0 radical (unpaired) electrons. The zero-order valence-electron chi connectivity index (χ0n) is 17.0. The maximum absolute atomic E-state index is 12.5. The van der Waals surface area contributed by atoms with E-state index in [2.05, 4.69) is 10.6 Å². The standard InChI is InChI=1S/C24H23N5O.HI/c1-29-13-12-17-14-20(10-11-21(17)29)28-24(30)27-19-9-5-8-18(15-19)23(26)22(25)16-6-3-2-4-7-16;/h2-15,23,25H,26H2,1H3,(H2,27,28,30);1H. The number of halogens is 1. The number of hydrogen-bond acceptors (Lipinski definition) is 3. The molecule has 0 spiro atoms. The summed E-state index contributed by atoms with van der Waals surface area (Å²) in [7, 11) is 1.98. The molecule has 6 nitrogen and oxygen atoms in total. The first kappa shape index (κ1) is 22.5. The van der Waals surface area contributed by atoms with Crippen molar-refractivity contribution < 1.29 is 4.79 Å². The third-order valence-electron chi connectivity index (χ3n) is 5.04. The van der Waals surface area contributed by atoms with Crippen LogP contribution in [-0.4, -0.2) is 16.3 Å². The van der Waals surface area contributed by atoms with Crippen molar-refractivity contribution in [1.82, 2.24) is 4.57 Å². The minimum atomic E-state index is -0.585. The predicted molar refractivity (Wildman–Crippen MR) is 138 cm³/mol. The molecule has 31 heavy (non-hydrogen) atoms. The van der Waals surface area contributed by atoms with E-state index < -0.39 is 6.04 Å². The van der Waals surface area contributed by atoms with E-state index in [1.807, 2.05) is 84.5 Å². The Kier molecular flexibility index (Phi) is 7.09. The lowest BCUT2D eigenvalue weighted by Gasteiger charge is -2.15. The number of carbonyl (C=O) groups excluding carboxylic acids is 1. The molecule has 1 heterocycles. The van der Waals surface area contributed by atoms with E-state index in [-0.39, 0.29) is 30.0 Å². The molecule has 1 atom stereocenters. The zero-order chi connectivity index (χ0) is 21.1. The Hall–Kier alpha value is -3.17. The first-order valence-electron chi connectivity index (χ1n) is 9.64. The van der Waals surface area contributed by atoms with Gasteiger partial charge in [0.2, 0.25) is 0 Å². The van der Waals surface area contributed by atoms with Crippen molar-refractivity contribution >= 4 is 58.0 Å². The summed E-state index contributed by atoms with van der Waals surface area (Å²) in [4.78, 5) is 12.5. The monoisotopic (exact) mass is 525 g/mol. The number of nitrogens with two attached hydrogens (primary N) is 1. The molecule has 0 saturated heterocycles. The lowest BCUT2D eigenvalue weighted by Crippen LogP contribution is -2.22. The van der Waals surface area contributed by atoms with Crippen LogP contribution in [0.1, 0.15) is 17.2 Å². The highest BCUT2D eigenvalue weighted by Crippen LogP contribution is 2.22. The van der Waals surface area contributed by atoms with Gasteiger partial charge in [0.05, 0.1) is 11.8 Å². The number of nitrogens with one attached hydrogen (secondary N) is 3. The first-order valence-corrected chi connectivity index (χ1v) is 9.64. The molecule has 0 aliphatic heterocycles. The summed E-state index contributed by atoms with van der Waals surface area (Å²) in [5.41, 5.74) is 10.6. The molecule has 0 aliphatic rings. The van der Waals surface area contributed by atoms with Crippen molar-refractivity contribution in [2.45, 2.75) is 6.04 Å². The molecular formula is C24H24IN5O. The van der Waals surface area contributed by atoms with Gasteiger partial charge < -0.3 is 26.3 Å². The van der Waals surface area contributed by atoms with Gasteiger partial charge in [-0.1, -0.05) is 42.5 Å². The van der Waals surface area contributed by atoms with Crippen LogP contribution in [0.15, 0.2) is 85.1 Å². The van der Waals surface area contributed by atoms with Gasteiger partial charge in [0.15, 0.2) is 0 Å². The molecule has 1 aromatic heterocycles. The zero-order valence-corrected chi connectivity index (χ0v) is 19.3. The van der Waals surface area contributed by atoms with Crippen LogP contribution in [0.4, 0.5) is 16.2 Å². The maximum Gasteiger partial charge on any atom is 0.323 e. The smallest absolute Gasteiger partial charge is 0.323 e. The van der Waals surface area contributed by atoms with E-state index in [1.165, 1.54) is 0 Å². The lowest BCUT2D eigenvalue weighted by atomic mass is 9.97. The highest BCUT2D eigenvalue weighted by molar-refractivity contribution is 14.0. The van der Waals surface area contributed by atoms with Gasteiger partial charge in [-0.25, -0.2) is 4.79 Å². The van der Waals surface area contributed by atoms with E-state index in [4.69, 9.17) is 11.1 Å². The quantitative estimate of drug-likeness (QED) is 0.204. The molecule has 1 unspecified atom stereocenters. The molecule has 5 N–H and O–H groups in total. The fourth-order valence-electron chi connectivity index (χ4n) is 3.43. The number of nitrogens with zero attached hydrogens (tertiary/aromatic N) is 1. The number of aromatic nitrogens is 1. The molecule has 158 valence electrons. The molecular weight excluding hydrogens is 501 g/mol. The van der Waals surface area contributed by atoms with Crippen molar-refractivity contribution in [1.29, 1.82) is 5.41 Å². The Morgan fingerprint density at radius 1 is 0.935 bits per heavy atom. The van der Waals surface area contributed by atoms with Gasteiger partial charge in [-0.05, 0) is 47.5 Å². The minimum Gasteiger partial charge on any atom is -0.351 e. The lowest BCUT2D eigenvalue weighted by molar-refractivity contribution is 0.262. The van der Waals surface area contributed by atoms with Gasteiger partial charge in [0, 0.05) is 35.5 Å². The van der Waals surface area contributed by atoms with Gasteiger partial charge in [-0.3, -0.25) is 0 Å². The summed E-state index contributed by atoms with van der Waals surface area (Å²) >= 11 is 0. The number of hydrogen-bond donors (Lipinski definition) is 4. The van der Waals surface area contributed by atoms with Crippen LogP contribution in [0.25, 0.3) is 10.9 Å². The van der Waals surface area contributed by atoms with Crippen molar-refractivity contribution in [3.05, 3.63) is 96.2 Å². The Balaban J connectivity index is 0.00000272. The molecule has 3 aromatic carbocycles. The average Bonchev–Trinajstić information content (AvgIpc) is 3.13. The second-order valence-corrected chi connectivity index (χ2v) is 7.16. The van der Waals surface area contributed by atoms with E-state index in [9.17, 15) is 4.79 Å². The van der Waals surface area contributed by atoms with Crippen LogP contribution in [0.2, 0.25) is 0 Å². The number of urea groups is 1. The van der Waals surface area contributed by atoms with Gasteiger partial charge in [-0.15, -0.1) is 24.0 Å². The van der Waals surface area contributed by atoms with Crippen LogP contribution in [0, 0.1) is 5.41 Å². The van der Waals surface area contributed by atoms with Crippen LogP contribution < -0.4 is 16.4 Å². The van der Waals surface area contributed by atoms with Crippen molar-refractivity contribution in [2.24, 2.45) is 12.8 Å². The minimum absolute atomic E-state index is 0. The summed E-state index contributed by atoms with van der Waals surface area (Å²) in [6, 6.07) is 23.5. The second-order valence-electron chi connectivity index (χ2n) is 7.16. The van der Waals surface area contributed by atoms with E-state index in [1.54, 1.807) is 12.1 Å². The average molecular weight is 525 g/mol. The first-order chi connectivity index (χ1) is 14.5. The van der Waals surface area contributed by atoms with Crippen molar-refractivity contribution in [2.75, 3.05) is 10.6 Å². The van der Waals surface area contributed by atoms with Crippen LogP contribution in [0.5, 0.6) is 0 Å². The molecule has 4 aromatic rings. The number of aryl methyl sites for hydroxylation is 1. The number of anilines is 2. The van der Waals surface area contributed by atoms with Gasteiger partial charge in [0.25, 0.3) is 0 Å². The third kappa shape index (κ3) is 5.12. The Bertz CT molecular complexity index is 1220. The molecule has 0 saturated carbocycles. The number of carbonyl (C=O) groups is 1. The van der Waals surface area contributed by atoms with Crippen LogP contribution in [0.3, 0.4) is 0 Å². The molecule has 0 bridgehead atoms. The maximum atomic E-state index is 12.5. The van der Waals surface area contributed by atoms with Gasteiger partial charge in [-0.2, -0.15) is 0 Å². The summed E-state index contributed by atoms with van der Waals surface area (Å²) in [6.45, 7) is 0. The van der Waals surface area contributed by atoms with Crippen molar-refractivity contribution in [3.63, 3.8) is 0 Å². The Labute approximate surface area is 198 Å². The largest absolute Gasteiger partial charge is 0.351 e. The number of amides is 2. The van der Waals surface area contributed by atoms with E-state index >= 15 is 0 Å². The second kappa shape index (κ2) is 9.76. The molecule has 0 aliphatic carbocycles. The molecule has 7 heteroatoms. The van der Waals surface area contributed by atoms with Crippen LogP contribution >= 0.6 is 24.0 Å². The van der Waals surface area contributed by atoms with E-state index in [0.717, 1.165) is 22.0 Å². The summed E-state index contributed by atoms with van der Waals surface area (Å²) in [5, 5.41) is 15.1. The normalized spacial score (nSPS) is 11.4. The fourth-order valence-corrected chi connectivity index (χ4v) is 3.43. The molecule has 4 rings (SSSR count). The third-order valence-corrected chi connectivity index (χ3v) is 5.04. The number of benzene rings is 3. The van der Waals surface area contributed by atoms with Gasteiger partial charge >= 0.3 is 6.03 Å². The summed E-state index contributed by atoms with van der Waals surface area (Å²) < 4.78 is 2.03. The topological polar surface area (TPSA) is 95.9 Å². The molecule has 2 amide bonds. The SMILES string of the molecule is Cn1ccc2cc(NC(=O)Nc3cccc(C(N)C(=N)c4ccccc4)c3)ccc21.I. The van der Waals surface area contributed by atoms with E-state index in [0.29, 0.717) is 17.1 Å². The highest BCUT2D eigenvalue weighted by atomic mass is 127.